The van der Waals surface area contributed by atoms with Crippen LogP contribution in [0, 0.1) is 0 Å². The summed E-state index contributed by atoms with van der Waals surface area (Å²) in [6.07, 6.45) is 1.51. The van der Waals surface area contributed by atoms with E-state index in [1.165, 1.54) is 6.21 Å². The normalized spacial score (nSPS) is 13.9. The van der Waals surface area contributed by atoms with Gasteiger partial charge >= 0.3 is 6.03 Å². The van der Waals surface area contributed by atoms with Gasteiger partial charge in [0.1, 0.15) is 5.75 Å². The Labute approximate surface area is 177 Å². The Balaban J connectivity index is 1.47. The number of hydrogen-bond donors (Lipinski definition) is 2. The van der Waals surface area contributed by atoms with Crippen LogP contribution >= 0.6 is 15.9 Å². The van der Waals surface area contributed by atoms with Crippen molar-refractivity contribution in [2.75, 3.05) is 38.2 Å². The summed E-state index contributed by atoms with van der Waals surface area (Å²) in [4.78, 5) is 25.7. The quantitative estimate of drug-likeness (QED) is 0.511. The average Bonchev–Trinajstić information content (AvgIpc) is 2.74. The first-order valence-corrected chi connectivity index (χ1v) is 9.84. The van der Waals surface area contributed by atoms with Gasteiger partial charge in [0, 0.05) is 18.8 Å². The highest BCUT2D eigenvalue weighted by molar-refractivity contribution is 9.10. The number of nitrogens with one attached hydrogen (secondary N) is 2. The van der Waals surface area contributed by atoms with Crippen LogP contribution in [0.15, 0.2) is 58.1 Å². The molecule has 1 saturated heterocycles. The van der Waals surface area contributed by atoms with E-state index in [2.05, 4.69) is 31.8 Å². The zero-order valence-electron chi connectivity index (χ0n) is 15.6. The van der Waals surface area contributed by atoms with Gasteiger partial charge in [-0.25, -0.2) is 10.2 Å². The number of amides is 3. The summed E-state index contributed by atoms with van der Waals surface area (Å²) in [5.74, 6) is 0.484. The van der Waals surface area contributed by atoms with Crippen molar-refractivity contribution in [1.82, 2.24) is 10.3 Å². The Morgan fingerprint density at radius 2 is 1.93 bits per heavy atom. The molecule has 1 aliphatic rings. The lowest BCUT2D eigenvalue weighted by atomic mass is 10.2. The number of benzene rings is 2. The van der Waals surface area contributed by atoms with E-state index in [0.717, 1.165) is 5.56 Å². The average molecular weight is 461 g/mol. The third kappa shape index (κ3) is 6.58. The van der Waals surface area contributed by atoms with Crippen LogP contribution in [0.25, 0.3) is 0 Å². The highest BCUT2D eigenvalue weighted by Gasteiger charge is 2.17. The third-order valence-corrected chi connectivity index (χ3v) is 4.70. The predicted molar refractivity (Wildman–Crippen MR) is 113 cm³/mol. The van der Waals surface area contributed by atoms with Gasteiger partial charge in [-0.05, 0) is 51.8 Å². The summed E-state index contributed by atoms with van der Waals surface area (Å²) in [5, 5.41) is 6.59. The number of hydrazone groups is 1. The fourth-order valence-corrected chi connectivity index (χ4v) is 3.11. The Morgan fingerprint density at radius 1 is 1.17 bits per heavy atom. The molecular formula is C20H21BrN4O4. The largest absolute Gasteiger partial charge is 0.483 e. The fourth-order valence-electron chi connectivity index (χ4n) is 2.60. The zero-order valence-corrected chi connectivity index (χ0v) is 17.2. The molecule has 0 aromatic heterocycles. The van der Waals surface area contributed by atoms with Crippen LogP contribution in [0.4, 0.5) is 10.5 Å². The first kappa shape index (κ1) is 20.8. The molecule has 0 saturated carbocycles. The third-order valence-electron chi connectivity index (χ3n) is 4.08. The van der Waals surface area contributed by atoms with Gasteiger partial charge < -0.3 is 19.7 Å². The Bertz CT molecular complexity index is 870. The van der Waals surface area contributed by atoms with E-state index in [1.807, 2.05) is 18.2 Å². The van der Waals surface area contributed by atoms with Crippen molar-refractivity contribution in [3.63, 3.8) is 0 Å². The van der Waals surface area contributed by atoms with Crippen molar-refractivity contribution < 1.29 is 19.1 Å². The number of para-hydroxylation sites is 1. The summed E-state index contributed by atoms with van der Waals surface area (Å²) in [5.41, 5.74) is 3.83. The van der Waals surface area contributed by atoms with Gasteiger partial charge in [-0.15, -0.1) is 0 Å². The summed E-state index contributed by atoms with van der Waals surface area (Å²) >= 11 is 3.43. The predicted octanol–water partition coefficient (Wildman–Crippen LogP) is 2.84. The molecule has 1 aliphatic heterocycles. The molecule has 0 aliphatic carbocycles. The second-order valence-corrected chi connectivity index (χ2v) is 7.02. The lowest BCUT2D eigenvalue weighted by Crippen LogP contribution is -2.43. The molecule has 0 bridgehead atoms. The molecule has 0 unspecified atom stereocenters. The van der Waals surface area contributed by atoms with E-state index in [0.29, 0.717) is 42.2 Å². The number of carbonyl (C=O) groups excluding carboxylic acids is 2. The standard InChI is InChI=1S/C20H21BrN4O4/c21-17-12-15(13-22-24-20(27)23-16-4-2-1-3-5-16)6-7-18(17)29-14-19(26)25-8-10-28-11-9-25/h1-7,12-13H,8-11,14H2,(H2,23,24,27)/b22-13+. The van der Waals surface area contributed by atoms with Gasteiger partial charge in [0.05, 0.1) is 23.9 Å². The van der Waals surface area contributed by atoms with Crippen LogP contribution < -0.4 is 15.5 Å². The second-order valence-electron chi connectivity index (χ2n) is 6.16. The molecule has 0 atom stereocenters. The maximum atomic E-state index is 12.1. The first-order chi connectivity index (χ1) is 14.1. The van der Waals surface area contributed by atoms with E-state index in [9.17, 15) is 9.59 Å². The summed E-state index contributed by atoms with van der Waals surface area (Å²) in [6, 6.07) is 13.9. The second kappa shape index (κ2) is 10.6. The van der Waals surface area contributed by atoms with Gasteiger partial charge in [0.2, 0.25) is 0 Å². The van der Waals surface area contributed by atoms with Crippen molar-refractivity contribution in [1.29, 1.82) is 0 Å². The fraction of sp³-hybridized carbons (Fsp3) is 0.250. The number of hydrogen-bond acceptors (Lipinski definition) is 5. The molecule has 1 heterocycles. The number of halogens is 1. The number of urea groups is 1. The summed E-state index contributed by atoms with van der Waals surface area (Å²) in [7, 11) is 0. The molecule has 9 heteroatoms. The van der Waals surface area contributed by atoms with Crippen LogP contribution in [-0.4, -0.2) is 56.0 Å². The van der Waals surface area contributed by atoms with Gasteiger partial charge in [-0.3, -0.25) is 4.79 Å². The molecular weight excluding hydrogens is 440 g/mol. The molecule has 0 radical (unpaired) electrons. The molecule has 0 spiro atoms. The minimum absolute atomic E-state index is 0.0345. The topological polar surface area (TPSA) is 92.3 Å². The van der Waals surface area contributed by atoms with E-state index < -0.39 is 6.03 Å². The van der Waals surface area contributed by atoms with Crippen molar-refractivity contribution in [3.05, 3.63) is 58.6 Å². The first-order valence-electron chi connectivity index (χ1n) is 9.05. The molecule has 152 valence electrons. The SMILES string of the molecule is O=C(N/N=C/c1ccc(OCC(=O)N2CCOCC2)c(Br)c1)Nc1ccccc1. The number of morpholine rings is 1. The van der Waals surface area contributed by atoms with Crippen LogP contribution in [0.2, 0.25) is 0 Å². The Kier molecular flexibility index (Phi) is 7.60. The van der Waals surface area contributed by atoms with Gasteiger partial charge in [0.15, 0.2) is 6.61 Å². The van der Waals surface area contributed by atoms with E-state index >= 15 is 0 Å². The smallest absolute Gasteiger partial charge is 0.339 e. The number of ether oxygens (including phenoxy) is 2. The molecule has 3 rings (SSSR count). The summed E-state index contributed by atoms with van der Waals surface area (Å²) in [6.45, 7) is 2.25. The maximum absolute atomic E-state index is 12.1. The molecule has 3 amide bonds. The number of carbonyl (C=O) groups is 2. The lowest BCUT2D eigenvalue weighted by Gasteiger charge is -2.26. The lowest BCUT2D eigenvalue weighted by molar-refractivity contribution is -0.137. The highest BCUT2D eigenvalue weighted by Crippen LogP contribution is 2.25. The molecule has 2 aromatic carbocycles. The molecule has 2 aromatic rings. The number of rotatable bonds is 6. The highest BCUT2D eigenvalue weighted by atomic mass is 79.9. The van der Waals surface area contributed by atoms with Crippen molar-refractivity contribution >= 4 is 39.8 Å². The van der Waals surface area contributed by atoms with E-state index in [1.54, 1.807) is 35.2 Å². The van der Waals surface area contributed by atoms with Crippen LogP contribution in [-0.2, 0) is 9.53 Å². The Hall–Kier alpha value is -2.91. The van der Waals surface area contributed by atoms with Crippen LogP contribution in [0.5, 0.6) is 5.75 Å². The monoisotopic (exact) mass is 460 g/mol. The zero-order chi connectivity index (χ0) is 20.5. The van der Waals surface area contributed by atoms with E-state index in [4.69, 9.17) is 9.47 Å². The van der Waals surface area contributed by atoms with Crippen LogP contribution in [0.1, 0.15) is 5.56 Å². The molecule has 8 nitrogen and oxygen atoms in total. The minimum atomic E-state index is -0.437. The minimum Gasteiger partial charge on any atom is -0.483 e. The summed E-state index contributed by atoms with van der Waals surface area (Å²) < 4.78 is 11.5. The molecule has 1 fully saturated rings. The van der Waals surface area contributed by atoms with Crippen LogP contribution in [0.3, 0.4) is 0 Å². The molecule has 29 heavy (non-hydrogen) atoms. The molecule has 2 N–H and O–H groups in total. The number of nitrogens with zero attached hydrogens (tertiary/aromatic N) is 2. The Morgan fingerprint density at radius 3 is 2.66 bits per heavy atom. The van der Waals surface area contributed by atoms with E-state index in [-0.39, 0.29) is 12.5 Å². The van der Waals surface area contributed by atoms with Crippen molar-refractivity contribution in [2.45, 2.75) is 0 Å². The van der Waals surface area contributed by atoms with Crippen molar-refractivity contribution in [2.24, 2.45) is 5.10 Å². The van der Waals surface area contributed by atoms with Gasteiger partial charge in [0.25, 0.3) is 5.91 Å². The van der Waals surface area contributed by atoms with Crippen molar-refractivity contribution in [3.8, 4) is 5.75 Å². The number of anilines is 1. The maximum Gasteiger partial charge on any atom is 0.339 e. The van der Waals surface area contributed by atoms with Gasteiger partial charge in [-0.2, -0.15) is 5.10 Å². The van der Waals surface area contributed by atoms with Gasteiger partial charge in [-0.1, -0.05) is 18.2 Å².